The Kier molecular flexibility index (Phi) is 3.97. The topological polar surface area (TPSA) is 46.3 Å². The van der Waals surface area contributed by atoms with E-state index in [0.717, 1.165) is 24.9 Å². The van der Waals surface area contributed by atoms with Crippen molar-refractivity contribution in [2.24, 2.45) is 0 Å². The Morgan fingerprint density at radius 2 is 2.24 bits per heavy atom. The Hall–Kier alpha value is -1.81. The number of carbonyl (C=O) groups is 1. The van der Waals surface area contributed by atoms with E-state index in [1.165, 1.54) is 6.42 Å². The number of halogens is 1. The van der Waals surface area contributed by atoms with Gasteiger partial charge >= 0.3 is 0 Å². The van der Waals surface area contributed by atoms with Crippen LogP contribution in [0.4, 0.5) is 0 Å². The molecular formula is C16H17ClN2O2. The average Bonchev–Trinajstić information content (AvgIpc) is 2.97. The van der Waals surface area contributed by atoms with Gasteiger partial charge in [0.15, 0.2) is 11.5 Å². The van der Waals surface area contributed by atoms with Gasteiger partial charge < -0.3 is 9.42 Å². The lowest BCUT2D eigenvalue weighted by Crippen LogP contribution is -2.42. The molecule has 1 aromatic heterocycles. The van der Waals surface area contributed by atoms with Gasteiger partial charge in [-0.15, -0.1) is 0 Å². The van der Waals surface area contributed by atoms with Gasteiger partial charge in [0, 0.05) is 29.2 Å². The van der Waals surface area contributed by atoms with Crippen LogP contribution in [0.2, 0.25) is 5.02 Å². The lowest BCUT2D eigenvalue weighted by Gasteiger charge is -2.32. The van der Waals surface area contributed by atoms with Gasteiger partial charge in [-0.2, -0.15) is 0 Å². The lowest BCUT2D eigenvalue weighted by molar-refractivity contribution is 0.0625. The summed E-state index contributed by atoms with van der Waals surface area (Å²) in [5.41, 5.74) is 1.18. The molecule has 4 nitrogen and oxygen atoms in total. The molecule has 5 heteroatoms. The van der Waals surface area contributed by atoms with Crippen molar-refractivity contribution in [3.8, 4) is 11.3 Å². The highest BCUT2D eigenvalue weighted by Gasteiger charge is 2.26. The monoisotopic (exact) mass is 304 g/mol. The van der Waals surface area contributed by atoms with Gasteiger partial charge in [0.05, 0.1) is 0 Å². The first-order valence-electron chi connectivity index (χ1n) is 7.19. The van der Waals surface area contributed by atoms with E-state index in [9.17, 15) is 4.79 Å². The molecule has 21 heavy (non-hydrogen) atoms. The van der Waals surface area contributed by atoms with E-state index >= 15 is 0 Å². The molecule has 0 saturated carbocycles. The summed E-state index contributed by atoms with van der Waals surface area (Å²) in [5.74, 6) is 0.504. The third-order valence-electron chi connectivity index (χ3n) is 3.90. The summed E-state index contributed by atoms with van der Waals surface area (Å²) in [7, 11) is 0. The summed E-state index contributed by atoms with van der Waals surface area (Å²) in [6.45, 7) is 2.87. The minimum absolute atomic E-state index is 0.0563. The SMILES string of the molecule is C[C@@H]1CCCCN1C(=O)c1cc(-c2cccc(Cl)c2)on1. The molecule has 1 aliphatic rings. The number of hydrogen-bond acceptors (Lipinski definition) is 3. The highest BCUT2D eigenvalue weighted by molar-refractivity contribution is 6.30. The van der Waals surface area contributed by atoms with E-state index in [2.05, 4.69) is 12.1 Å². The Bertz CT molecular complexity index is 653. The number of rotatable bonds is 2. The highest BCUT2D eigenvalue weighted by atomic mass is 35.5. The van der Waals surface area contributed by atoms with Crippen LogP contribution in [0, 0.1) is 0 Å². The minimum Gasteiger partial charge on any atom is -0.355 e. The minimum atomic E-state index is -0.0563. The van der Waals surface area contributed by atoms with E-state index in [0.29, 0.717) is 16.5 Å². The molecule has 1 amide bonds. The summed E-state index contributed by atoms with van der Waals surface area (Å²) < 4.78 is 5.30. The van der Waals surface area contributed by atoms with Crippen molar-refractivity contribution in [3.63, 3.8) is 0 Å². The molecule has 1 fully saturated rings. The van der Waals surface area contributed by atoms with Crippen LogP contribution >= 0.6 is 11.6 Å². The fourth-order valence-electron chi connectivity index (χ4n) is 2.70. The molecule has 0 N–H and O–H groups in total. The summed E-state index contributed by atoms with van der Waals surface area (Å²) in [5, 5.41) is 4.55. The van der Waals surface area contributed by atoms with E-state index < -0.39 is 0 Å². The third kappa shape index (κ3) is 2.95. The first-order valence-corrected chi connectivity index (χ1v) is 7.56. The van der Waals surface area contributed by atoms with Crippen molar-refractivity contribution in [3.05, 3.63) is 41.0 Å². The average molecular weight is 305 g/mol. The maximum Gasteiger partial charge on any atom is 0.276 e. The number of aromatic nitrogens is 1. The van der Waals surface area contributed by atoms with E-state index in [1.807, 2.05) is 17.0 Å². The summed E-state index contributed by atoms with van der Waals surface area (Å²) in [4.78, 5) is 14.4. The van der Waals surface area contributed by atoms with Gasteiger partial charge in [-0.1, -0.05) is 28.9 Å². The molecule has 110 valence electrons. The Morgan fingerprint density at radius 1 is 1.38 bits per heavy atom. The number of piperidine rings is 1. The predicted octanol–water partition coefficient (Wildman–Crippen LogP) is 4.01. The number of amides is 1. The van der Waals surface area contributed by atoms with Crippen LogP contribution in [-0.2, 0) is 0 Å². The molecule has 2 heterocycles. The molecule has 0 radical (unpaired) electrons. The van der Waals surface area contributed by atoms with Crippen LogP contribution in [0.15, 0.2) is 34.9 Å². The van der Waals surface area contributed by atoms with Gasteiger partial charge in [0.25, 0.3) is 5.91 Å². The van der Waals surface area contributed by atoms with Crippen LogP contribution < -0.4 is 0 Å². The highest BCUT2D eigenvalue weighted by Crippen LogP contribution is 2.25. The molecule has 1 aliphatic heterocycles. The molecule has 1 saturated heterocycles. The standard InChI is InChI=1S/C16H17ClN2O2/c1-11-5-2-3-8-19(11)16(20)14-10-15(21-18-14)12-6-4-7-13(17)9-12/h4,6-7,9-11H,2-3,5,8H2,1H3/t11-/m1/s1. The molecule has 0 spiro atoms. The first kappa shape index (κ1) is 14.1. The largest absolute Gasteiger partial charge is 0.355 e. The summed E-state index contributed by atoms with van der Waals surface area (Å²) in [6, 6.07) is 9.26. The lowest BCUT2D eigenvalue weighted by atomic mass is 10.0. The van der Waals surface area contributed by atoms with Gasteiger partial charge in [-0.25, -0.2) is 0 Å². The second-order valence-corrected chi connectivity index (χ2v) is 5.87. The fourth-order valence-corrected chi connectivity index (χ4v) is 2.89. The van der Waals surface area contributed by atoms with Crippen LogP contribution in [-0.4, -0.2) is 28.6 Å². The fraction of sp³-hybridized carbons (Fsp3) is 0.375. The van der Waals surface area contributed by atoms with Gasteiger partial charge in [0.2, 0.25) is 0 Å². The summed E-state index contributed by atoms with van der Waals surface area (Å²) in [6.07, 6.45) is 3.28. The van der Waals surface area contributed by atoms with Crippen molar-refractivity contribution < 1.29 is 9.32 Å². The zero-order chi connectivity index (χ0) is 14.8. The number of nitrogens with zero attached hydrogens (tertiary/aromatic N) is 2. The summed E-state index contributed by atoms with van der Waals surface area (Å²) >= 11 is 5.97. The second kappa shape index (κ2) is 5.90. The Morgan fingerprint density at radius 3 is 3.00 bits per heavy atom. The van der Waals surface area contributed by atoms with E-state index in [-0.39, 0.29) is 11.9 Å². The van der Waals surface area contributed by atoms with Crippen LogP contribution in [0.3, 0.4) is 0 Å². The zero-order valence-electron chi connectivity index (χ0n) is 11.9. The number of likely N-dealkylation sites (tertiary alicyclic amines) is 1. The Balaban J connectivity index is 1.83. The molecule has 1 aromatic carbocycles. The molecule has 0 bridgehead atoms. The quantitative estimate of drug-likeness (QED) is 0.842. The molecular weight excluding hydrogens is 288 g/mol. The van der Waals surface area contributed by atoms with E-state index in [4.69, 9.17) is 16.1 Å². The third-order valence-corrected chi connectivity index (χ3v) is 4.14. The van der Waals surface area contributed by atoms with Crippen molar-refractivity contribution >= 4 is 17.5 Å². The van der Waals surface area contributed by atoms with Gasteiger partial charge in [0.1, 0.15) is 0 Å². The smallest absolute Gasteiger partial charge is 0.276 e. The van der Waals surface area contributed by atoms with E-state index in [1.54, 1.807) is 18.2 Å². The zero-order valence-corrected chi connectivity index (χ0v) is 12.6. The predicted molar refractivity (Wildman–Crippen MR) is 81.3 cm³/mol. The molecule has 3 rings (SSSR count). The van der Waals surface area contributed by atoms with Gasteiger partial charge in [-0.3, -0.25) is 4.79 Å². The number of benzene rings is 1. The Labute approximate surface area is 128 Å². The second-order valence-electron chi connectivity index (χ2n) is 5.43. The van der Waals surface area contributed by atoms with Crippen molar-refractivity contribution in [1.29, 1.82) is 0 Å². The van der Waals surface area contributed by atoms with Crippen LogP contribution in [0.5, 0.6) is 0 Å². The first-order chi connectivity index (χ1) is 10.1. The molecule has 2 aromatic rings. The van der Waals surface area contributed by atoms with Crippen molar-refractivity contribution in [2.45, 2.75) is 32.2 Å². The van der Waals surface area contributed by atoms with Crippen LogP contribution in [0.25, 0.3) is 11.3 Å². The van der Waals surface area contributed by atoms with Crippen molar-refractivity contribution in [1.82, 2.24) is 10.1 Å². The van der Waals surface area contributed by atoms with Crippen molar-refractivity contribution in [2.75, 3.05) is 6.54 Å². The van der Waals surface area contributed by atoms with Gasteiger partial charge in [-0.05, 0) is 38.3 Å². The normalized spacial score (nSPS) is 18.8. The van der Waals surface area contributed by atoms with Crippen LogP contribution in [0.1, 0.15) is 36.7 Å². The maximum absolute atomic E-state index is 12.5. The maximum atomic E-state index is 12.5. The number of carbonyl (C=O) groups excluding carboxylic acids is 1. The molecule has 0 unspecified atom stereocenters. The molecule has 1 atom stereocenters. The molecule has 0 aliphatic carbocycles. The number of hydrogen-bond donors (Lipinski definition) is 0.